The number of nitrogens with zero attached hydrogens (tertiary/aromatic N) is 2. The van der Waals surface area contributed by atoms with Crippen molar-refractivity contribution in [2.24, 2.45) is 0 Å². The van der Waals surface area contributed by atoms with Gasteiger partial charge < -0.3 is 15.6 Å². The Bertz CT molecular complexity index is 780. The quantitative estimate of drug-likeness (QED) is 0.488. The molecule has 0 aromatic carbocycles. The van der Waals surface area contributed by atoms with Crippen molar-refractivity contribution in [1.29, 1.82) is 0 Å². The molecule has 1 aromatic rings. The fourth-order valence-electron chi connectivity index (χ4n) is 2.56. The zero-order valence-corrected chi connectivity index (χ0v) is 14.2. The maximum atomic E-state index is 14.8. The fraction of sp³-hybridized carbons (Fsp3) is 0.583. The number of nitrogens with one attached hydrogen (secondary N) is 1. The molecule has 2 aliphatic heterocycles. The molecule has 0 aliphatic carbocycles. The molecule has 3 heterocycles. The van der Waals surface area contributed by atoms with Gasteiger partial charge in [-0.05, 0) is 13.0 Å². The minimum atomic E-state index is -4.08. The summed E-state index contributed by atoms with van der Waals surface area (Å²) in [5.41, 5.74) is 4.29. The number of nitrogen functional groups attached to an aromatic ring is 1. The van der Waals surface area contributed by atoms with Crippen molar-refractivity contribution >= 4 is 19.9 Å². The summed E-state index contributed by atoms with van der Waals surface area (Å²) in [6.45, 7) is 0.697. The Kier molecular flexibility index (Phi) is 4.71. The first-order chi connectivity index (χ1) is 12.0. The lowest BCUT2D eigenvalue weighted by Crippen LogP contribution is -2.48. The molecule has 0 radical (unpaired) electrons. The summed E-state index contributed by atoms with van der Waals surface area (Å²) in [5.74, 6) is -5.21. The molecule has 14 heteroatoms. The van der Waals surface area contributed by atoms with E-state index in [1.54, 1.807) is 0 Å². The lowest BCUT2D eigenvalue weighted by atomic mass is 10.1. The predicted molar refractivity (Wildman–Crippen MR) is 82.0 cm³/mol. The van der Waals surface area contributed by atoms with Crippen LogP contribution in [-0.2, 0) is 18.6 Å². The van der Waals surface area contributed by atoms with Crippen LogP contribution in [0.1, 0.15) is 13.2 Å². The highest BCUT2D eigenvalue weighted by Gasteiger charge is 2.69. The monoisotopic (exact) mass is 397 g/mol. The van der Waals surface area contributed by atoms with Crippen LogP contribution in [0.15, 0.2) is 17.1 Å². The standard InChI is InChI=1S/C12H15F2N4O7P/c1-5(9(19)20)17-26(22)23-4-6-8(25-26)12(13,14)10(24-6)18-3-2-7(15)16-11(18)21/h2-3,5-6,8,10,17,22H,4H2,1H3,(H2-,15,16,19,20,21)/p+1/t5-,6+,8+,10+,26?/m0/s1. The summed E-state index contributed by atoms with van der Waals surface area (Å²) >= 11 is 0. The first-order valence-corrected chi connectivity index (χ1v) is 8.94. The molecular weight excluding hydrogens is 381 g/mol. The molecule has 0 amide bonds. The van der Waals surface area contributed by atoms with E-state index in [0.29, 0.717) is 4.57 Å². The van der Waals surface area contributed by atoms with Crippen molar-refractivity contribution in [2.75, 3.05) is 12.3 Å². The van der Waals surface area contributed by atoms with Crippen molar-refractivity contribution < 1.29 is 37.4 Å². The number of carbonyl (C=O) groups is 1. The summed E-state index contributed by atoms with van der Waals surface area (Å²) in [6, 6.07) is -0.153. The van der Waals surface area contributed by atoms with E-state index in [0.717, 1.165) is 12.3 Å². The second-order valence-corrected chi connectivity index (χ2v) is 7.54. The predicted octanol–water partition coefficient (Wildman–Crippen LogP) is -0.494. The Balaban J connectivity index is 1.85. The number of aromatic nitrogens is 2. The van der Waals surface area contributed by atoms with E-state index in [1.165, 1.54) is 6.92 Å². The zero-order chi connectivity index (χ0) is 19.3. The van der Waals surface area contributed by atoms with E-state index in [1.807, 2.05) is 0 Å². The minimum Gasteiger partial charge on any atom is -0.480 e. The van der Waals surface area contributed by atoms with Crippen LogP contribution in [0.2, 0.25) is 0 Å². The second-order valence-electron chi connectivity index (χ2n) is 5.77. The van der Waals surface area contributed by atoms with Crippen LogP contribution in [0.3, 0.4) is 0 Å². The molecule has 5 N–H and O–H groups in total. The highest BCUT2D eigenvalue weighted by atomic mass is 31.2. The summed E-state index contributed by atoms with van der Waals surface area (Å²) in [7, 11) is -4.08. The number of hydrogen-bond donors (Lipinski definition) is 4. The third-order valence-electron chi connectivity index (χ3n) is 3.85. The number of hydrogen-bond acceptors (Lipinski definition) is 9. The van der Waals surface area contributed by atoms with Crippen LogP contribution >= 0.6 is 8.09 Å². The summed E-state index contributed by atoms with van der Waals surface area (Å²) in [4.78, 5) is 36.3. The van der Waals surface area contributed by atoms with Gasteiger partial charge in [0, 0.05) is 6.20 Å². The Morgan fingerprint density at radius 3 is 2.92 bits per heavy atom. The first kappa shape index (κ1) is 19.0. The van der Waals surface area contributed by atoms with E-state index in [9.17, 15) is 23.3 Å². The van der Waals surface area contributed by atoms with Crippen molar-refractivity contribution in [3.05, 3.63) is 22.7 Å². The van der Waals surface area contributed by atoms with E-state index >= 15 is 0 Å². The topological polar surface area (TPSA) is 158 Å². The van der Waals surface area contributed by atoms with Gasteiger partial charge in [-0.15, -0.1) is 5.09 Å². The molecule has 5 atom stereocenters. The number of carboxylic acid groups (broad SMARTS) is 1. The highest BCUT2D eigenvalue weighted by molar-refractivity contribution is 7.58. The van der Waals surface area contributed by atoms with Crippen molar-refractivity contribution in [1.82, 2.24) is 14.6 Å². The fourth-order valence-corrected chi connectivity index (χ4v) is 4.29. The molecule has 144 valence electrons. The molecule has 2 saturated heterocycles. The summed E-state index contributed by atoms with van der Waals surface area (Å²) < 4.78 is 45.3. The van der Waals surface area contributed by atoms with Gasteiger partial charge in [0.15, 0.2) is 0 Å². The van der Waals surface area contributed by atoms with Gasteiger partial charge >= 0.3 is 25.7 Å². The average molecular weight is 397 g/mol. The number of aliphatic carboxylic acids is 1. The van der Waals surface area contributed by atoms with Crippen LogP contribution in [-0.4, -0.2) is 56.3 Å². The molecule has 26 heavy (non-hydrogen) atoms. The lowest BCUT2D eigenvalue weighted by Gasteiger charge is -2.30. The third kappa shape index (κ3) is 3.29. The molecule has 0 saturated carbocycles. The van der Waals surface area contributed by atoms with Crippen LogP contribution in [0.4, 0.5) is 14.6 Å². The summed E-state index contributed by atoms with van der Waals surface area (Å²) in [6.07, 6.45) is -4.29. The summed E-state index contributed by atoms with van der Waals surface area (Å²) in [5, 5.41) is 11.0. The van der Waals surface area contributed by atoms with Crippen LogP contribution in [0.25, 0.3) is 0 Å². The van der Waals surface area contributed by atoms with Crippen molar-refractivity contribution in [2.45, 2.75) is 37.3 Å². The van der Waals surface area contributed by atoms with Gasteiger partial charge in [0.1, 0.15) is 24.6 Å². The van der Waals surface area contributed by atoms with Crippen LogP contribution < -0.4 is 16.5 Å². The normalized spacial score (nSPS) is 34.2. The number of carboxylic acids is 1. The number of ether oxygens (including phenoxy) is 1. The molecule has 0 spiro atoms. The smallest absolute Gasteiger partial charge is 0.480 e. The molecule has 1 aromatic heterocycles. The van der Waals surface area contributed by atoms with Gasteiger partial charge in [0.05, 0.1) is 0 Å². The molecule has 0 bridgehead atoms. The van der Waals surface area contributed by atoms with Gasteiger partial charge in [-0.3, -0.25) is 9.36 Å². The van der Waals surface area contributed by atoms with E-state index in [-0.39, 0.29) is 5.82 Å². The number of anilines is 1. The maximum Gasteiger partial charge on any atom is 0.500 e. The molecule has 2 aliphatic rings. The van der Waals surface area contributed by atoms with E-state index in [2.05, 4.69) is 10.1 Å². The number of halogens is 2. The van der Waals surface area contributed by atoms with Crippen molar-refractivity contribution in [3.63, 3.8) is 0 Å². The first-order valence-electron chi connectivity index (χ1n) is 7.37. The Hall–Kier alpha value is -1.76. The molecule has 2 fully saturated rings. The SMILES string of the molecule is C[C@H](N[P+]1(O)OC[C@H]2O[C@@H](n3ccc(N)nc3=O)C(F)(F)[C@@H]2O1)C(=O)O. The number of fused-ring (bicyclic) bond motifs is 1. The number of alkyl halides is 2. The Morgan fingerprint density at radius 1 is 1.62 bits per heavy atom. The van der Waals surface area contributed by atoms with Gasteiger partial charge in [-0.1, -0.05) is 0 Å². The van der Waals surface area contributed by atoms with Gasteiger partial charge in [0.25, 0.3) is 0 Å². The van der Waals surface area contributed by atoms with Crippen molar-refractivity contribution in [3.8, 4) is 0 Å². The number of nitrogens with two attached hydrogens (primary N) is 1. The molecular formula is C12H16F2N4O7P+. The molecule has 3 rings (SSSR count). The Morgan fingerprint density at radius 2 is 2.31 bits per heavy atom. The maximum absolute atomic E-state index is 14.8. The van der Waals surface area contributed by atoms with Gasteiger partial charge in [0.2, 0.25) is 12.3 Å². The zero-order valence-electron chi connectivity index (χ0n) is 13.3. The van der Waals surface area contributed by atoms with Gasteiger partial charge in [-0.25, -0.2) is 4.79 Å². The van der Waals surface area contributed by atoms with E-state index < -0.39 is 56.8 Å². The lowest BCUT2D eigenvalue weighted by molar-refractivity contribution is -0.140. The molecule has 11 nitrogen and oxygen atoms in total. The number of rotatable bonds is 4. The Labute approximate surface area is 145 Å². The van der Waals surface area contributed by atoms with E-state index in [4.69, 9.17) is 24.6 Å². The van der Waals surface area contributed by atoms with Crippen LogP contribution in [0.5, 0.6) is 0 Å². The average Bonchev–Trinajstić information content (AvgIpc) is 2.78. The molecule has 1 unspecified atom stereocenters. The minimum absolute atomic E-state index is 0.142. The largest absolute Gasteiger partial charge is 0.500 e. The van der Waals surface area contributed by atoms with Gasteiger partial charge in [-0.2, -0.15) is 27.7 Å². The second kappa shape index (κ2) is 6.44. The highest BCUT2D eigenvalue weighted by Crippen LogP contribution is 2.62. The van der Waals surface area contributed by atoms with Crippen LogP contribution in [0, 0.1) is 0 Å². The third-order valence-corrected chi connectivity index (χ3v) is 5.58.